The van der Waals surface area contributed by atoms with Crippen LogP contribution in [0.5, 0.6) is 5.75 Å². The maximum Gasteiger partial charge on any atom is 0.319 e. The van der Waals surface area contributed by atoms with Crippen molar-refractivity contribution in [3.05, 3.63) is 24.3 Å². The molecule has 1 aliphatic rings. The highest BCUT2D eigenvalue weighted by molar-refractivity contribution is 6.03. The number of rotatable bonds is 6. The maximum absolute atomic E-state index is 12.0. The molecule has 2 N–H and O–H groups in total. The third kappa shape index (κ3) is 4.34. The fourth-order valence-corrected chi connectivity index (χ4v) is 2.58. The number of urea groups is 1. The Labute approximate surface area is 145 Å². The van der Waals surface area contributed by atoms with Crippen molar-refractivity contribution < 1.29 is 23.9 Å². The summed E-state index contributed by atoms with van der Waals surface area (Å²) in [6, 6.07) is 5.85. The fourth-order valence-electron chi connectivity index (χ4n) is 2.58. The van der Waals surface area contributed by atoms with Gasteiger partial charge in [-0.1, -0.05) is 19.1 Å². The zero-order valence-electron chi connectivity index (χ0n) is 14.2. The number of esters is 1. The summed E-state index contributed by atoms with van der Waals surface area (Å²) in [5, 5.41) is 0. The monoisotopic (exact) mass is 347 g/mol. The van der Waals surface area contributed by atoms with E-state index in [4.69, 9.17) is 10.5 Å². The van der Waals surface area contributed by atoms with Crippen LogP contribution in [-0.4, -0.2) is 42.3 Å². The third-order valence-corrected chi connectivity index (χ3v) is 4.01. The molecule has 1 fully saturated rings. The van der Waals surface area contributed by atoms with E-state index in [1.807, 2.05) is 0 Å². The van der Waals surface area contributed by atoms with Crippen molar-refractivity contribution >= 4 is 29.5 Å². The molecular weight excluding hydrogens is 326 g/mol. The standard InChI is InChI=1S/C17H21N3O5/c1-11-10-14(21)20(16(11)23)9-5-8-15(22)25-13-7-4-3-6-12(13)19(2)17(18)24/h3-4,6-7,11H,5,8-10H2,1-2H3,(H2,18,24). The molecule has 0 aromatic heterocycles. The number of hydrogen-bond acceptors (Lipinski definition) is 5. The molecule has 1 unspecified atom stereocenters. The molecule has 0 saturated carbocycles. The fraction of sp³-hybridized carbons (Fsp3) is 0.412. The Kier molecular flexibility index (Phi) is 5.74. The van der Waals surface area contributed by atoms with Crippen LogP contribution in [0.3, 0.4) is 0 Å². The number of nitrogens with zero attached hydrogens (tertiary/aromatic N) is 2. The predicted molar refractivity (Wildman–Crippen MR) is 89.8 cm³/mol. The van der Waals surface area contributed by atoms with E-state index < -0.39 is 12.0 Å². The molecule has 4 amide bonds. The number of anilines is 1. The van der Waals surface area contributed by atoms with Crippen molar-refractivity contribution in [1.82, 2.24) is 4.90 Å². The number of ether oxygens (including phenoxy) is 1. The van der Waals surface area contributed by atoms with Crippen molar-refractivity contribution in [2.45, 2.75) is 26.2 Å². The lowest BCUT2D eigenvalue weighted by atomic mass is 10.1. The first-order chi connectivity index (χ1) is 11.8. The topological polar surface area (TPSA) is 110 Å². The quantitative estimate of drug-likeness (QED) is 0.473. The molecule has 8 nitrogen and oxygen atoms in total. The summed E-state index contributed by atoms with van der Waals surface area (Å²) in [6.07, 6.45) is 0.576. The minimum Gasteiger partial charge on any atom is -0.424 e. The van der Waals surface area contributed by atoms with Crippen LogP contribution < -0.4 is 15.4 Å². The lowest BCUT2D eigenvalue weighted by Crippen LogP contribution is -2.32. The van der Waals surface area contributed by atoms with E-state index in [2.05, 4.69) is 0 Å². The molecule has 1 heterocycles. The summed E-state index contributed by atoms with van der Waals surface area (Å²) >= 11 is 0. The van der Waals surface area contributed by atoms with Crippen molar-refractivity contribution in [3.8, 4) is 5.75 Å². The molecule has 0 bridgehead atoms. The molecule has 1 saturated heterocycles. The van der Waals surface area contributed by atoms with Gasteiger partial charge in [-0.2, -0.15) is 0 Å². The second-order valence-electron chi connectivity index (χ2n) is 5.93. The first-order valence-electron chi connectivity index (χ1n) is 7.98. The van der Waals surface area contributed by atoms with Crippen LogP contribution in [0.4, 0.5) is 10.5 Å². The molecule has 0 aliphatic carbocycles. The van der Waals surface area contributed by atoms with E-state index in [0.29, 0.717) is 12.1 Å². The van der Waals surface area contributed by atoms with E-state index in [1.54, 1.807) is 31.2 Å². The zero-order chi connectivity index (χ0) is 18.6. The molecular formula is C17H21N3O5. The first-order valence-corrected chi connectivity index (χ1v) is 7.98. The van der Waals surface area contributed by atoms with Crippen molar-refractivity contribution in [2.24, 2.45) is 11.7 Å². The average Bonchev–Trinajstić information content (AvgIpc) is 2.80. The molecule has 1 aromatic rings. The second-order valence-corrected chi connectivity index (χ2v) is 5.93. The first kappa shape index (κ1) is 18.4. The van der Waals surface area contributed by atoms with Crippen LogP contribution in [-0.2, 0) is 14.4 Å². The van der Waals surface area contributed by atoms with Gasteiger partial charge < -0.3 is 10.5 Å². The number of benzene rings is 1. The minimum absolute atomic E-state index is 0.0417. The van der Waals surface area contributed by atoms with E-state index in [-0.39, 0.29) is 42.9 Å². The van der Waals surface area contributed by atoms with Gasteiger partial charge in [0.2, 0.25) is 11.8 Å². The predicted octanol–water partition coefficient (Wildman–Crippen LogP) is 1.28. The SMILES string of the molecule is CC1CC(=O)N(CCCC(=O)Oc2ccccc2N(C)C(N)=O)C1=O. The smallest absolute Gasteiger partial charge is 0.319 e. The lowest BCUT2D eigenvalue weighted by Gasteiger charge is -2.18. The van der Waals surface area contributed by atoms with Crippen LogP contribution in [0.15, 0.2) is 24.3 Å². The molecule has 1 atom stereocenters. The van der Waals surface area contributed by atoms with Gasteiger partial charge in [-0.25, -0.2) is 4.79 Å². The molecule has 0 radical (unpaired) electrons. The Bertz CT molecular complexity index is 703. The summed E-state index contributed by atoms with van der Waals surface area (Å²) in [7, 11) is 1.47. The molecule has 134 valence electrons. The average molecular weight is 347 g/mol. The molecule has 2 rings (SSSR count). The highest BCUT2D eigenvalue weighted by Gasteiger charge is 2.34. The van der Waals surface area contributed by atoms with Gasteiger partial charge >= 0.3 is 12.0 Å². The Morgan fingerprint density at radius 3 is 2.60 bits per heavy atom. The van der Waals surface area contributed by atoms with Gasteiger partial charge in [0, 0.05) is 32.4 Å². The molecule has 1 aromatic carbocycles. The van der Waals surface area contributed by atoms with Gasteiger partial charge in [0.05, 0.1) is 5.69 Å². The van der Waals surface area contributed by atoms with Crippen LogP contribution in [0, 0.1) is 5.92 Å². The normalized spacial score (nSPS) is 16.9. The molecule has 25 heavy (non-hydrogen) atoms. The summed E-state index contributed by atoms with van der Waals surface area (Å²) < 4.78 is 5.28. The number of hydrogen-bond donors (Lipinski definition) is 1. The van der Waals surface area contributed by atoms with E-state index in [0.717, 1.165) is 0 Å². The molecule has 8 heteroatoms. The van der Waals surface area contributed by atoms with E-state index in [1.165, 1.54) is 16.8 Å². The Hall–Kier alpha value is -2.90. The molecule has 0 spiro atoms. The van der Waals surface area contributed by atoms with Gasteiger partial charge in [-0.15, -0.1) is 0 Å². The Balaban J connectivity index is 1.90. The largest absolute Gasteiger partial charge is 0.424 e. The number of para-hydroxylation sites is 2. The van der Waals surface area contributed by atoms with Crippen molar-refractivity contribution in [2.75, 3.05) is 18.5 Å². The number of amides is 4. The van der Waals surface area contributed by atoms with Crippen LogP contribution in [0.2, 0.25) is 0 Å². The minimum atomic E-state index is -0.677. The number of imide groups is 1. The zero-order valence-corrected chi connectivity index (χ0v) is 14.2. The summed E-state index contributed by atoms with van der Waals surface area (Å²) in [4.78, 5) is 49.1. The van der Waals surface area contributed by atoms with Crippen LogP contribution >= 0.6 is 0 Å². The van der Waals surface area contributed by atoms with Gasteiger partial charge in [0.15, 0.2) is 5.75 Å². The highest BCUT2D eigenvalue weighted by atomic mass is 16.5. The van der Waals surface area contributed by atoms with E-state index >= 15 is 0 Å². The van der Waals surface area contributed by atoms with E-state index in [9.17, 15) is 19.2 Å². The van der Waals surface area contributed by atoms with Crippen molar-refractivity contribution in [1.29, 1.82) is 0 Å². The van der Waals surface area contributed by atoms with Gasteiger partial charge in [0.25, 0.3) is 0 Å². The number of likely N-dealkylation sites (tertiary alicyclic amines) is 1. The van der Waals surface area contributed by atoms with Crippen molar-refractivity contribution in [3.63, 3.8) is 0 Å². The summed E-state index contributed by atoms with van der Waals surface area (Å²) in [5.41, 5.74) is 5.61. The Morgan fingerprint density at radius 2 is 2.00 bits per heavy atom. The summed E-state index contributed by atoms with van der Waals surface area (Å²) in [5.74, 6) is -1.00. The second kappa shape index (κ2) is 7.78. The van der Waals surface area contributed by atoms with Gasteiger partial charge in [-0.3, -0.25) is 24.2 Å². The van der Waals surface area contributed by atoms with Crippen LogP contribution in [0.1, 0.15) is 26.2 Å². The number of carbonyl (C=O) groups is 4. The highest BCUT2D eigenvalue weighted by Crippen LogP contribution is 2.27. The summed E-state index contributed by atoms with van der Waals surface area (Å²) in [6.45, 7) is 1.90. The van der Waals surface area contributed by atoms with Gasteiger partial charge in [0.1, 0.15) is 0 Å². The number of carbonyl (C=O) groups excluding carboxylic acids is 4. The number of nitrogens with two attached hydrogens (primary N) is 1. The molecule has 1 aliphatic heterocycles. The number of primary amides is 1. The lowest BCUT2D eigenvalue weighted by molar-refractivity contribution is -0.140. The van der Waals surface area contributed by atoms with Crippen LogP contribution in [0.25, 0.3) is 0 Å². The third-order valence-electron chi connectivity index (χ3n) is 4.01. The Morgan fingerprint density at radius 1 is 1.32 bits per heavy atom. The maximum atomic E-state index is 12.0. The van der Waals surface area contributed by atoms with Gasteiger partial charge in [-0.05, 0) is 18.6 Å².